The molecule has 0 unspecified atom stereocenters. The monoisotopic (exact) mass is 470 g/mol. The van der Waals surface area contributed by atoms with E-state index in [1.165, 1.54) is 26.4 Å². The van der Waals surface area contributed by atoms with Gasteiger partial charge in [-0.1, -0.05) is 0 Å². The summed E-state index contributed by atoms with van der Waals surface area (Å²) in [6, 6.07) is 2.56. The van der Waals surface area contributed by atoms with Gasteiger partial charge >= 0.3 is 17.9 Å². The number of aromatic amines is 1. The highest BCUT2D eigenvalue weighted by molar-refractivity contribution is 9.10. The first-order chi connectivity index (χ1) is 13.6. The number of carbonyl (C=O) groups excluding carboxylic acids is 1. The minimum absolute atomic E-state index is 0.00624. The minimum atomic E-state index is -1.65. The fourth-order valence-corrected chi connectivity index (χ4v) is 3.09. The normalized spacial score (nSPS) is 10.3. The van der Waals surface area contributed by atoms with Crippen LogP contribution in [0.25, 0.3) is 11.1 Å². The van der Waals surface area contributed by atoms with Crippen LogP contribution in [-0.2, 0) is 9.53 Å². The zero-order valence-electron chi connectivity index (χ0n) is 15.1. The molecule has 29 heavy (non-hydrogen) atoms. The average Bonchev–Trinajstić information content (AvgIpc) is 2.64. The Morgan fingerprint density at radius 1 is 1.14 bits per heavy atom. The number of benzene rings is 1. The van der Waals surface area contributed by atoms with Gasteiger partial charge in [0.25, 0.3) is 5.56 Å². The molecule has 0 atom stereocenters. The summed E-state index contributed by atoms with van der Waals surface area (Å²) in [5.74, 6) is -4.25. The average molecular weight is 471 g/mol. The molecule has 0 spiro atoms. The van der Waals surface area contributed by atoms with Crippen molar-refractivity contribution in [2.75, 3.05) is 26.6 Å². The molecule has 0 fully saturated rings. The highest BCUT2D eigenvalue weighted by Gasteiger charge is 2.28. The van der Waals surface area contributed by atoms with Gasteiger partial charge in [0.2, 0.25) is 0 Å². The number of rotatable bonds is 7. The first-order valence-electron chi connectivity index (χ1n) is 7.72. The van der Waals surface area contributed by atoms with Gasteiger partial charge in [-0.05, 0) is 33.6 Å². The number of halogens is 1. The SMILES string of the molecule is COC(=O)COc1c(Br)cc(-c2c(C(=O)O)c(N)[nH]c(=O)c2C(=O)O)cc1OC. The second kappa shape index (κ2) is 8.65. The van der Waals surface area contributed by atoms with E-state index < -0.39 is 52.6 Å². The van der Waals surface area contributed by atoms with E-state index in [-0.39, 0.29) is 21.5 Å². The second-order valence-electron chi connectivity index (χ2n) is 5.46. The Bertz CT molecular complexity index is 1060. The Labute approximate surface area is 171 Å². The molecule has 1 aromatic heterocycles. The number of carboxylic acid groups (broad SMARTS) is 2. The van der Waals surface area contributed by atoms with Crippen LogP contribution in [0, 0.1) is 0 Å². The van der Waals surface area contributed by atoms with Crippen LogP contribution in [0.2, 0.25) is 0 Å². The molecule has 154 valence electrons. The summed E-state index contributed by atoms with van der Waals surface area (Å²) in [5.41, 5.74) is 2.73. The van der Waals surface area contributed by atoms with Crippen LogP contribution >= 0.6 is 15.9 Å². The summed E-state index contributed by atoms with van der Waals surface area (Å²) in [5, 5.41) is 19.0. The van der Waals surface area contributed by atoms with Crippen LogP contribution in [0.4, 0.5) is 5.82 Å². The number of hydrogen-bond acceptors (Lipinski definition) is 8. The van der Waals surface area contributed by atoms with Crippen molar-refractivity contribution < 1.29 is 38.8 Å². The number of pyridine rings is 1. The second-order valence-corrected chi connectivity index (χ2v) is 6.31. The molecule has 0 saturated carbocycles. The first-order valence-corrected chi connectivity index (χ1v) is 8.51. The van der Waals surface area contributed by atoms with Crippen molar-refractivity contribution in [1.29, 1.82) is 0 Å². The molecule has 12 heteroatoms. The Morgan fingerprint density at radius 2 is 1.76 bits per heavy atom. The number of nitrogens with one attached hydrogen (secondary N) is 1. The van der Waals surface area contributed by atoms with Crippen LogP contribution in [0.15, 0.2) is 21.4 Å². The van der Waals surface area contributed by atoms with Crippen molar-refractivity contribution in [3.8, 4) is 22.6 Å². The lowest BCUT2D eigenvalue weighted by molar-refractivity contribution is -0.142. The van der Waals surface area contributed by atoms with Crippen molar-refractivity contribution in [2.24, 2.45) is 0 Å². The molecule has 0 aliphatic rings. The van der Waals surface area contributed by atoms with Crippen molar-refractivity contribution in [2.45, 2.75) is 0 Å². The largest absolute Gasteiger partial charge is 0.493 e. The molecule has 0 bridgehead atoms. The Balaban J connectivity index is 2.80. The van der Waals surface area contributed by atoms with Crippen LogP contribution in [-0.4, -0.2) is 53.9 Å². The number of nitrogens with two attached hydrogens (primary N) is 1. The van der Waals surface area contributed by atoms with E-state index in [4.69, 9.17) is 15.2 Å². The summed E-state index contributed by atoms with van der Waals surface area (Å²) >= 11 is 3.20. The number of carbonyl (C=O) groups is 3. The molecule has 2 rings (SSSR count). The van der Waals surface area contributed by atoms with E-state index >= 15 is 0 Å². The predicted molar refractivity (Wildman–Crippen MR) is 103 cm³/mol. The summed E-state index contributed by atoms with van der Waals surface area (Å²) in [6.45, 7) is -0.441. The third-order valence-electron chi connectivity index (χ3n) is 3.75. The van der Waals surface area contributed by atoms with Crippen LogP contribution in [0.3, 0.4) is 0 Å². The summed E-state index contributed by atoms with van der Waals surface area (Å²) in [4.78, 5) is 48.8. The fourth-order valence-electron chi connectivity index (χ4n) is 2.53. The molecule has 5 N–H and O–H groups in total. The van der Waals surface area contributed by atoms with E-state index in [0.29, 0.717) is 0 Å². The van der Waals surface area contributed by atoms with Crippen molar-refractivity contribution >= 4 is 39.7 Å². The van der Waals surface area contributed by atoms with Crippen molar-refractivity contribution in [3.05, 3.63) is 38.1 Å². The highest BCUT2D eigenvalue weighted by Crippen LogP contribution is 2.41. The predicted octanol–water partition coefficient (Wildman–Crippen LogP) is 1.34. The molecular formula is C17H15BrN2O9. The maximum atomic E-state index is 12.1. The van der Waals surface area contributed by atoms with Crippen molar-refractivity contribution in [1.82, 2.24) is 4.98 Å². The van der Waals surface area contributed by atoms with Gasteiger partial charge in [0, 0.05) is 5.56 Å². The smallest absolute Gasteiger partial charge is 0.343 e. The molecule has 2 aromatic rings. The highest BCUT2D eigenvalue weighted by atomic mass is 79.9. The molecular weight excluding hydrogens is 456 g/mol. The van der Waals surface area contributed by atoms with E-state index in [1.54, 1.807) is 0 Å². The zero-order chi connectivity index (χ0) is 21.9. The number of hydrogen-bond donors (Lipinski definition) is 4. The van der Waals surface area contributed by atoms with Gasteiger partial charge in [0.1, 0.15) is 16.9 Å². The van der Waals surface area contributed by atoms with Crippen LogP contribution in [0.1, 0.15) is 20.7 Å². The lowest BCUT2D eigenvalue weighted by Crippen LogP contribution is -2.24. The molecule has 0 aliphatic carbocycles. The van der Waals surface area contributed by atoms with Gasteiger partial charge in [0.15, 0.2) is 18.1 Å². The third kappa shape index (κ3) is 4.32. The molecule has 0 amide bonds. The number of anilines is 1. The minimum Gasteiger partial charge on any atom is -0.493 e. The third-order valence-corrected chi connectivity index (χ3v) is 4.34. The molecule has 11 nitrogen and oxygen atoms in total. The number of H-pyrrole nitrogens is 1. The standard InChI is InChI=1S/C17H15BrN2O9/c1-27-8-4-6(3-7(18)13(8)29-5-9(21)28-2)10-11(16(23)24)14(19)20-15(22)12(10)17(25)26/h3-4H,5H2,1-2H3,(H,23,24)(H,25,26)(H3,19,20,22). The van der Waals surface area contributed by atoms with Gasteiger partial charge in [0.05, 0.1) is 18.7 Å². The molecule has 0 radical (unpaired) electrons. The number of aromatic carboxylic acids is 2. The molecule has 0 aliphatic heterocycles. The lowest BCUT2D eigenvalue weighted by Gasteiger charge is -2.16. The summed E-state index contributed by atoms with van der Waals surface area (Å²) in [7, 11) is 2.46. The number of carboxylic acids is 2. The topological polar surface area (TPSA) is 178 Å². The maximum absolute atomic E-state index is 12.1. The Hall–Kier alpha value is -3.54. The Morgan fingerprint density at radius 3 is 2.28 bits per heavy atom. The first kappa shape index (κ1) is 21.8. The van der Waals surface area contributed by atoms with Gasteiger partial charge < -0.3 is 35.1 Å². The molecule has 0 saturated heterocycles. The Kier molecular flexibility index (Phi) is 6.49. The number of nitrogen functional groups attached to an aromatic ring is 1. The number of ether oxygens (including phenoxy) is 3. The lowest BCUT2D eigenvalue weighted by atomic mass is 9.95. The van der Waals surface area contributed by atoms with Gasteiger partial charge in [-0.3, -0.25) is 4.79 Å². The summed E-state index contributed by atoms with van der Waals surface area (Å²) in [6.07, 6.45) is 0. The van der Waals surface area contributed by atoms with Crippen LogP contribution < -0.4 is 20.8 Å². The number of aromatic nitrogens is 1. The maximum Gasteiger partial charge on any atom is 0.343 e. The molecule has 1 heterocycles. The van der Waals surface area contributed by atoms with E-state index in [1.807, 2.05) is 4.98 Å². The van der Waals surface area contributed by atoms with Gasteiger partial charge in [-0.15, -0.1) is 0 Å². The van der Waals surface area contributed by atoms with Gasteiger partial charge in [-0.25, -0.2) is 14.4 Å². The van der Waals surface area contributed by atoms with Crippen molar-refractivity contribution in [3.63, 3.8) is 0 Å². The summed E-state index contributed by atoms with van der Waals surface area (Å²) < 4.78 is 15.2. The van der Waals surface area contributed by atoms with E-state index in [9.17, 15) is 29.4 Å². The fraction of sp³-hybridized carbons (Fsp3) is 0.176. The number of esters is 1. The molecule has 1 aromatic carbocycles. The number of methoxy groups -OCH3 is 2. The van der Waals surface area contributed by atoms with Gasteiger partial charge in [-0.2, -0.15) is 0 Å². The quantitative estimate of drug-likeness (QED) is 0.431. The van der Waals surface area contributed by atoms with E-state index in [2.05, 4.69) is 20.7 Å². The van der Waals surface area contributed by atoms with E-state index in [0.717, 1.165) is 0 Å². The van der Waals surface area contributed by atoms with Crippen LogP contribution in [0.5, 0.6) is 11.5 Å². The zero-order valence-corrected chi connectivity index (χ0v) is 16.7.